The summed E-state index contributed by atoms with van der Waals surface area (Å²) in [6.07, 6.45) is 0. The summed E-state index contributed by atoms with van der Waals surface area (Å²) >= 11 is 17.7. The highest BCUT2D eigenvalue weighted by Gasteiger charge is 2.14. The molecule has 0 aromatic heterocycles. The lowest BCUT2D eigenvalue weighted by Gasteiger charge is -2.09. The number of nitrogens with one attached hydrogen (secondary N) is 1. The molecule has 2 N–H and O–H groups in total. The number of amides is 1. The fourth-order valence-electron chi connectivity index (χ4n) is 1.62. The van der Waals surface area contributed by atoms with Crippen molar-refractivity contribution in [3.63, 3.8) is 0 Å². The van der Waals surface area contributed by atoms with Gasteiger partial charge in [0.05, 0.1) is 26.9 Å². The molecule has 0 spiro atoms. The van der Waals surface area contributed by atoms with Crippen LogP contribution in [0.25, 0.3) is 0 Å². The quantitative estimate of drug-likeness (QED) is 0.855. The Hall–Kier alpha value is -1.75. The number of halogens is 3. The van der Waals surface area contributed by atoms with Gasteiger partial charge in [-0.15, -0.1) is 0 Å². The van der Waals surface area contributed by atoms with Crippen LogP contribution in [0, 0.1) is 0 Å². The summed E-state index contributed by atoms with van der Waals surface area (Å²) in [6.45, 7) is 0. The van der Waals surface area contributed by atoms with Crippen LogP contribution in [0.15, 0.2) is 36.4 Å². The number of carboxylic acids is 1. The second-order valence-electron chi connectivity index (χ2n) is 4.08. The minimum Gasteiger partial charge on any atom is -0.478 e. The van der Waals surface area contributed by atoms with Gasteiger partial charge in [-0.25, -0.2) is 4.79 Å². The lowest BCUT2D eigenvalue weighted by molar-refractivity contribution is 0.0696. The number of carbonyl (C=O) groups excluding carboxylic acids is 1. The number of anilines is 1. The van der Waals surface area contributed by atoms with Crippen LogP contribution >= 0.6 is 34.8 Å². The summed E-state index contributed by atoms with van der Waals surface area (Å²) in [5.74, 6) is -1.66. The lowest BCUT2D eigenvalue weighted by atomic mass is 10.1. The molecule has 0 unspecified atom stereocenters. The zero-order valence-corrected chi connectivity index (χ0v) is 12.6. The number of carbonyl (C=O) groups is 2. The van der Waals surface area contributed by atoms with Gasteiger partial charge in [-0.3, -0.25) is 4.79 Å². The third-order valence-corrected chi connectivity index (χ3v) is 3.53. The van der Waals surface area contributed by atoms with Crippen LogP contribution in [0.4, 0.5) is 5.69 Å². The van der Waals surface area contributed by atoms with Crippen LogP contribution < -0.4 is 5.32 Å². The van der Waals surface area contributed by atoms with Gasteiger partial charge >= 0.3 is 5.97 Å². The van der Waals surface area contributed by atoms with Crippen LogP contribution in [0.1, 0.15) is 20.7 Å². The van der Waals surface area contributed by atoms with E-state index in [4.69, 9.17) is 39.9 Å². The zero-order valence-electron chi connectivity index (χ0n) is 10.4. The first-order valence-electron chi connectivity index (χ1n) is 5.67. The predicted molar refractivity (Wildman–Crippen MR) is 82.8 cm³/mol. The minimum atomic E-state index is -1.12. The van der Waals surface area contributed by atoms with Crippen LogP contribution in [-0.4, -0.2) is 17.0 Å². The highest BCUT2D eigenvalue weighted by Crippen LogP contribution is 2.26. The molecule has 0 aliphatic heterocycles. The van der Waals surface area contributed by atoms with E-state index in [1.165, 1.54) is 30.3 Å². The molecule has 108 valence electrons. The third-order valence-electron chi connectivity index (χ3n) is 2.63. The second-order valence-corrected chi connectivity index (χ2v) is 5.33. The Morgan fingerprint density at radius 1 is 0.952 bits per heavy atom. The molecule has 0 radical (unpaired) electrons. The average Bonchev–Trinajstić information content (AvgIpc) is 2.43. The van der Waals surface area contributed by atoms with Crippen molar-refractivity contribution in [1.29, 1.82) is 0 Å². The molecule has 0 saturated carbocycles. The van der Waals surface area contributed by atoms with Gasteiger partial charge in [0, 0.05) is 5.02 Å². The molecule has 0 fully saturated rings. The van der Waals surface area contributed by atoms with E-state index in [2.05, 4.69) is 5.32 Å². The average molecular weight is 345 g/mol. The Kier molecular flexibility index (Phi) is 4.73. The maximum atomic E-state index is 12.2. The molecular formula is C14H8Cl3NO3. The van der Waals surface area contributed by atoms with Crippen molar-refractivity contribution in [2.24, 2.45) is 0 Å². The number of rotatable bonds is 3. The third kappa shape index (κ3) is 3.67. The Morgan fingerprint density at radius 3 is 2.29 bits per heavy atom. The highest BCUT2D eigenvalue weighted by atomic mass is 35.5. The Morgan fingerprint density at radius 2 is 1.62 bits per heavy atom. The topological polar surface area (TPSA) is 66.4 Å². The van der Waals surface area contributed by atoms with E-state index in [1.54, 1.807) is 6.07 Å². The van der Waals surface area contributed by atoms with Crippen molar-refractivity contribution in [1.82, 2.24) is 0 Å². The normalized spacial score (nSPS) is 10.2. The number of aromatic carboxylic acids is 1. The van der Waals surface area contributed by atoms with Gasteiger partial charge < -0.3 is 10.4 Å². The molecule has 2 aromatic rings. The van der Waals surface area contributed by atoms with Gasteiger partial charge in [0.25, 0.3) is 5.91 Å². The molecule has 0 bridgehead atoms. The van der Waals surface area contributed by atoms with E-state index in [0.29, 0.717) is 5.02 Å². The summed E-state index contributed by atoms with van der Waals surface area (Å²) in [6, 6.07) is 8.45. The molecule has 0 aliphatic rings. The lowest BCUT2D eigenvalue weighted by Crippen LogP contribution is -2.13. The predicted octanol–water partition coefficient (Wildman–Crippen LogP) is 4.60. The van der Waals surface area contributed by atoms with Crippen LogP contribution in [-0.2, 0) is 0 Å². The van der Waals surface area contributed by atoms with Crippen molar-refractivity contribution < 1.29 is 14.7 Å². The summed E-state index contributed by atoms with van der Waals surface area (Å²) in [7, 11) is 0. The molecule has 0 heterocycles. The fourth-order valence-corrected chi connectivity index (χ4v) is 2.16. The van der Waals surface area contributed by atoms with Crippen LogP contribution in [0.3, 0.4) is 0 Å². The first-order chi connectivity index (χ1) is 9.88. The minimum absolute atomic E-state index is 0.00638. The van der Waals surface area contributed by atoms with Crippen molar-refractivity contribution in [3.8, 4) is 0 Å². The number of hydrogen-bond acceptors (Lipinski definition) is 2. The summed E-state index contributed by atoms with van der Waals surface area (Å²) in [5, 5.41) is 12.2. The Bertz CT molecular complexity index is 731. The van der Waals surface area contributed by atoms with Crippen LogP contribution in [0.5, 0.6) is 0 Å². The molecule has 0 aliphatic carbocycles. The number of carboxylic acid groups (broad SMARTS) is 1. The largest absolute Gasteiger partial charge is 0.478 e. The molecule has 0 atom stereocenters. The summed E-state index contributed by atoms with van der Waals surface area (Å²) in [4.78, 5) is 23.1. The molecule has 4 nitrogen and oxygen atoms in total. The van der Waals surface area contributed by atoms with Crippen LogP contribution in [0.2, 0.25) is 15.1 Å². The molecule has 2 aromatic carbocycles. The molecule has 2 rings (SSSR count). The number of benzene rings is 2. The first kappa shape index (κ1) is 15.6. The zero-order chi connectivity index (χ0) is 15.6. The van der Waals surface area contributed by atoms with Crippen molar-refractivity contribution in [2.75, 3.05) is 5.32 Å². The van der Waals surface area contributed by atoms with Gasteiger partial charge in [-0.2, -0.15) is 0 Å². The fraction of sp³-hybridized carbons (Fsp3) is 0. The smallest absolute Gasteiger partial charge is 0.335 e. The SMILES string of the molecule is O=C(O)c1ccc(Cl)c(NC(=O)c2cc(Cl)ccc2Cl)c1. The van der Waals surface area contributed by atoms with E-state index in [1.807, 2.05) is 0 Å². The monoisotopic (exact) mass is 343 g/mol. The summed E-state index contributed by atoms with van der Waals surface area (Å²) < 4.78 is 0. The van der Waals surface area contributed by atoms with E-state index in [9.17, 15) is 9.59 Å². The van der Waals surface area contributed by atoms with Gasteiger partial charge in [-0.05, 0) is 36.4 Å². The van der Waals surface area contributed by atoms with E-state index in [-0.39, 0.29) is 26.9 Å². The van der Waals surface area contributed by atoms with Gasteiger partial charge in [0.15, 0.2) is 0 Å². The van der Waals surface area contributed by atoms with Gasteiger partial charge in [0.2, 0.25) is 0 Å². The first-order valence-corrected chi connectivity index (χ1v) is 6.81. The molecule has 21 heavy (non-hydrogen) atoms. The Balaban J connectivity index is 2.33. The standard InChI is InChI=1S/C14H8Cl3NO3/c15-8-2-4-10(16)9(6-8)13(19)18-12-5-7(14(20)21)1-3-11(12)17/h1-6H,(H,18,19)(H,20,21). The number of hydrogen-bond donors (Lipinski definition) is 2. The maximum absolute atomic E-state index is 12.2. The molecule has 7 heteroatoms. The molecular weight excluding hydrogens is 337 g/mol. The van der Waals surface area contributed by atoms with Crippen molar-refractivity contribution in [2.45, 2.75) is 0 Å². The second kappa shape index (κ2) is 6.35. The van der Waals surface area contributed by atoms with E-state index < -0.39 is 11.9 Å². The van der Waals surface area contributed by atoms with Crippen molar-refractivity contribution in [3.05, 3.63) is 62.6 Å². The molecule has 0 saturated heterocycles. The van der Waals surface area contributed by atoms with Gasteiger partial charge in [-0.1, -0.05) is 34.8 Å². The summed E-state index contributed by atoms with van der Waals surface area (Å²) in [5.41, 5.74) is 0.352. The molecule has 1 amide bonds. The van der Waals surface area contributed by atoms with Crippen molar-refractivity contribution >= 4 is 52.4 Å². The Labute approximate surface area is 135 Å². The van der Waals surface area contributed by atoms with E-state index >= 15 is 0 Å². The van der Waals surface area contributed by atoms with E-state index in [0.717, 1.165) is 0 Å². The van der Waals surface area contributed by atoms with Gasteiger partial charge in [0.1, 0.15) is 0 Å². The maximum Gasteiger partial charge on any atom is 0.335 e. The highest BCUT2D eigenvalue weighted by molar-refractivity contribution is 6.37.